The molecule has 0 saturated carbocycles. The van der Waals surface area contributed by atoms with Crippen molar-refractivity contribution in [3.05, 3.63) is 35.9 Å². The van der Waals surface area contributed by atoms with Gasteiger partial charge in [0.05, 0.1) is 0 Å². The zero-order chi connectivity index (χ0) is 20.7. The quantitative estimate of drug-likeness (QED) is 0.591. The molecular formula is C20H33NO5Si. The lowest BCUT2D eigenvalue weighted by atomic mass is 10.0. The Morgan fingerprint density at radius 3 is 2.00 bits per heavy atom. The monoisotopic (exact) mass is 395 g/mol. The molecule has 152 valence electrons. The molecule has 6 nitrogen and oxygen atoms in total. The Bertz CT molecular complexity index is 602. The van der Waals surface area contributed by atoms with E-state index in [9.17, 15) is 14.7 Å². The van der Waals surface area contributed by atoms with Crippen molar-refractivity contribution in [2.45, 2.75) is 77.4 Å². The van der Waals surface area contributed by atoms with Crippen LogP contribution in [0.2, 0.25) is 18.1 Å². The van der Waals surface area contributed by atoms with Gasteiger partial charge in [0.25, 0.3) is 0 Å². The van der Waals surface area contributed by atoms with Gasteiger partial charge in [-0.1, -0.05) is 51.1 Å². The van der Waals surface area contributed by atoms with Crippen molar-refractivity contribution in [2.24, 2.45) is 0 Å². The molecule has 0 saturated heterocycles. The number of nitrogens with one attached hydrogen (secondary N) is 1. The summed E-state index contributed by atoms with van der Waals surface area (Å²) in [5.74, 6) is -1.15. The molecule has 2 unspecified atom stereocenters. The van der Waals surface area contributed by atoms with Crippen LogP contribution in [0.1, 0.15) is 53.2 Å². The maximum Gasteiger partial charge on any atom is 0.408 e. The van der Waals surface area contributed by atoms with Crippen molar-refractivity contribution in [1.29, 1.82) is 0 Å². The van der Waals surface area contributed by atoms with Crippen molar-refractivity contribution in [2.75, 3.05) is 0 Å². The van der Waals surface area contributed by atoms with E-state index in [0.717, 1.165) is 23.7 Å². The first kappa shape index (κ1) is 23.2. The van der Waals surface area contributed by atoms with Gasteiger partial charge in [0.15, 0.2) is 14.4 Å². The smallest absolute Gasteiger partial charge is 0.408 e. The highest BCUT2D eigenvalue weighted by molar-refractivity contribution is 6.73. The van der Waals surface area contributed by atoms with Crippen LogP contribution in [-0.2, 0) is 14.0 Å². The van der Waals surface area contributed by atoms with E-state index in [1.165, 1.54) is 0 Å². The topological polar surface area (TPSA) is 84.9 Å². The minimum atomic E-state index is -2.13. The fourth-order valence-electron chi connectivity index (χ4n) is 2.94. The lowest BCUT2D eigenvalue weighted by Crippen LogP contribution is -2.50. The largest absolute Gasteiger partial charge is 0.480 e. The first-order chi connectivity index (χ1) is 12.6. The van der Waals surface area contributed by atoms with E-state index < -0.39 is 38.1 Å². The van der Waals surface area contributed by atoms with Crippen molar-refractivity contribution < 1.29 is 23.9 Å². The molecule has 7 heteroatoms. The predicted molar refractivity (Wildman–Crippen MR) is 108 cm³/mol. The van der Waals surface area contributed by atoms with E-state index in [2.05, 4.69) is 26.1 Å². The number of alkyl carbamates (subject to hydrolysis) is 1. The maximum atomic E-state index is 12.2. The van der Waals surface area contributed by atoms with Crippen LogP contribution in [0.15, 0.2) is 30.3 Å². The summed E-state index contributed by atoms with van der Waals surface area (Å²) < 4.78 is 11.8. The molecule has 0 aliphatic carbocycles. The van der Waals surface area contributed by atoms with Gasteiger partial charge in [-0.15, -0.1) is 0 Å². The molecule has 0 heterocycles. The predicted octanol–water partition coefficient (Wildman–Crippen LogP) is 4.73. The van der Waals surface area contributed by atoms with Gasteiger partial charge in [0, 0.05) is 0 Å². The number of carbonyl (C=O) groups excluding carboxylic acids is 1. The molecule has 1 aromatic rings. The number of rotatable bonds is 9. The lowest BCUT2D eigenvalue weighted by molar-refractivity contribution is -0.142. The standard InChI is InChI=1S/C20H33NO5Si/c1-7-27(8-2,9-3)26-17(15-13-11-10-12-14-15)16(18(22)23)21-19(24)25-20(4,5)6/h10-14,16-17H,7-9H2,1-6H3,(H,21,24)(H,22,23). The van der Waals surface area contributed by atoms with E-state index in [1.54, 1.807) is 20.8 Å². The number of amides is 1. The number of carboxylic acids is 1. The molecule has 0 aliphatic heterocycles. The molecule has 2 N–H and O–H groups in total. The van der Waals surface area contributed by atoms with Crippen LogP contribution in [-0.4, -0.2) is 37.1 Å². The van der Waals surface area contributed by atoms with E-state index in [4.69, 9.17) is 9.16 Å². The molecular weight excluding hydrogens is 362 g/mol. The summed E-state index contributed by atoms with van der Waals surface area (Å²) in [7, 11) is -2.13. The van der Waals surface area contributed by atoms with Gasteiger partial charge >= 0.3 is 12.1 Å². The molecule has 0 fully saturated rings. The van der Waals surface area contributed by atoms with Gasteiger partial charge in [-0.25, -0.2) is 9.59 Å². The maximum absolute atomic E-state index is 12.2. The number of carboxylic acid groups (broad SMARTS) is 1. The van der Waals surface area contributed by atoms with E-state index in [-0.39, 0.29) is 0 Å². The molecule has 1 amide bonds. The molecule has 0 bridgehead atoms. The normalized spacial score (nSPS) is 14.3. The first-order valence-electron chi connectivity index (χ1n) is 9.52. The Labute approximate surface area is 163 Å². The third-order valence-electron chi connectivity index (χ3n) is 4.68. The van der Waals surface area contributed by atoms with Gasteiger partial charge in [-0.2, -0.15) is 0 Å². The summed E-state index contributed by atoms with van der Waals surface area (Å²) in [4.78, 5) is 24.3. The minimum absolute atomic E-state index is 0.717. The second-order valence-electron chi connectivity index (χ2n) is 7.65. The Hall–Kier alpha value is -1.86. The Morgan fingerprint density at radius 1 is 1.07 bits per heavy atom. The van der Waals surface area contributed by atoms with Crippen LogP contribution in [0.4, 0.5) is 4.79 Å². The lowest BCUT2D eigenvalue weighted by Gasteiger charge is -2.36. The van der Waals surface area contributed by atoms with Crippen molar-refractivity contribution >= 4 is 20.4 Å². The fraction of sp³-hybridized carbons (Fsp3) is 0.600. The molecule has 0 radical (unpaired) electrons. The number of aliphatic carboxylic acids is 1. The van der Waals surface area contributed by atoms with E-state index >= 15 is 0 Å². The zero-order valence-corrected chi connectivity index (χ0v) is 18.2. The van der Waals surface area contributed by atoms with E-state index in [0.29, 0.717) is 0 Å². The number of hydrogen-bond acceptors (Lipinski definition) is 4. The Morgan fingerprint density at radius 2 is 1.59 bits per heavy atom. The number of carbonyl (C=O) groups is 2. The SMILES string of the molecule is CC[Si](CC)(CC)OC(c1ccccc1)C(NC(=O)OC(C)(C)C)C(=O)O. The Kier molecular flexibility index (Phi) is 8.49. The van der Waals surface area contributed by atoms with E-state index in [1.807, 2.05) is 30.3 Å². The first-order valence-corrected chi connectivity index (χ1v) is 12.1. The summed E-state index contributed by atoms with van der Waals surface area (Å²) >= 11 is 0. The minimum Gasteiger partial charge on any atom is -0.480 e. The third kappa shape index (κ3) is 6.99. The summed E-state index contributed by atoms with van der Waals surface area (Å²) in [6.07, 6.45) is -1.54. The van der Waals surface area contributed by atoms with Crippen LogP contribution in [0.3, 0.4) is 0 Å². The summed E-state index contributed by atoms with van der Waals surface area (Å²) in [6.45, 7) is 11.4. The van der Waals surface area contributed by atoms with Gasteiger partial charge in [-0.3, -0.25) is 0 Å². The van der Waals surface area contributed by atoms with Crippen LogP contribution in [0, 0.1) is 0 Å². The molecule has 27 heavy (non-hydrogen) atoms. The average molecular weight is 396 g/mol. The fourth-order valence-corrected chi connectivity index (χ4v) is 5.75. The second kappa shape index (κ2) is 9.89. The van der Waals surface area contributed by atoms with Crippen LogP contribution in [0.5, 0.6) is 0 Å². The number of benzene rings is 1. The number of hydrogen-bond donors (Lipinski definition) is 2. The molecule has 0 aliphatic rings. The molecule has 0 spiro atoms. The van der Waals surface area contributed by atoms with Gasteiger partial charge in [0.1, 0.15) is 11.7 Å². The van der Waals surface area contributed by atoms with Crippen LogP contribution >= 0.6 is 0 Å². The molecule has 2 atom stereocenters. The summed E-state index contributed by atoms with van der Waals surface area (Å²) in [5.41, 5.74) is 0.0125. The number of ether oxygens (including phenoxy) is 1. The second-order valence-corrected chi connectivity index (χ2v) is 12.4. The molecule has 1 rings (SSSR count). The van der Waals surface area contributed by atoms with Crippen LogP contribution in [0.25, 0.3) is 0 Å². The third-order valence-corrected chi connectivity index (χ3v) is 9.30. The Balaban J connectivity index is 3.24. The van der Waals surface area contributed by atoms with Crippen molar-refractivity contribution in [3.63, 3.8) is 0 Å². The highest BCUT2D eigenvalue weighted by atomic mass is 28.4. The van der Waals surface area contributed by atoms with Gasteiger partial charge in [-0.05, 0) is 44.5 Å². The molecule has 1 aromatic carbocycles. The summed E-state index contributed by atoms with van der Waals surface area (Å²) in [5, 5.41) is 12.3. The average Bonchev–Trinajstić information content (AvgIpc) is 2.61. The van der Waals surface area contributed by atoms with Crippen LogP contribution < -0.4 is 5.32 Å². The zero-order valence-electron chi connectivity index (χ0n) is 17.2. The van der Waals surface area contributed by atoms with Crippen molar-refractivity contribution in [1.82, 2.24) is 5.32 Å². The summed E-state index contributed by atoms with van der Waals surface area (Å²) in [6, 6.07) is 10.6. The molecule has 0 aromatic heterocycles. The highest BCUT2D eigenvalue weighted by Gasteiger charge is 2.39. The van der Waals surface area contributed by atoms with Gasteiger partial charge in [0.2, 0.25) is 0 Å². The van der Waals surface area contributed by atoms with Gasteiger partial charge < -0.3 is 19.6 Å². The van der Waals surface area contributed by atoms with Crippen molar-refractivity contribution in [3.8, 4) is 0 Å². The highest BCUT2D eigenvalue weighted by Crippen LogP contribution is 2.32.